The molecule has 0 aliphatic rings. The smallest absolute Gasteiger partial charge is 0.346 e. The van der Waals surface area contributed by atoms with Gasteiger partial charge in [0.25, 0.3) is 0 Å². The van der Waals surface area contributed by atoms with Crippen LogP contribution in [-0.2, 0) is 0 Å². The summed E-state index contributed by atoms with van der Waals surface area (Å²) >= 11 is 0. The molecule has 0 N–H and O–H groups in total. The molecular weight excluding hydrogens is 337 g/mol. The zero-order valence-corrected chi connectivity index (χ0v) is 19.0. The fraction of sp³-hybridized carbons (Fsp3) is 0.800. The van der Waals surface area contributed by atoms with Crippen LogP contribution in [0.4, 0.5) is 0 Å². The number of hydrogen-bond acceptors (Lipinski definition) is 3. The molecule has 0 unspecified atom stereocenters. The highest BCUT2D eigenvalue weighted by atomic mass is 31.1. The van der Waals surface area contributed by atoms with E-state index >= 15 is 0 Å². The maximum Gasteiger partial charge on any atom is 0.365 e. The minimum absolute atomic E-state index is 0.843. The van der Waals surface area contributed by atoms with Crippen LogP contribution in [0, 0.1) is 0 Å². The summed E-state index contributed by atoms with van der Waals surface area (Å²) in [6, 6.07) is 0. The monoisotopic (exact) mass is 374 g/mol. The minimum Gasteiger partial charge on any atom is -0.346 e. The van der Waals surface area contributed by atoms with Gasteiger partial charge in [-0.2, -0.15) is 0 Å². The van der Waals surface area contributed by atoms with Gasteiger partial charge >= 0.3 is 8.37 Å². The van der Waals surface area contributed by atoms with Crippen molar-refractivity contribution in [3.05, 3.63) is 0 Å². The highest BCUT2D eigenvalue weighted by Gasteiger charge is 2.23. The van der Waals surface area contributed by atoms with E-state index in [2.05, 4.69) is 0 Å². The van der Waals surface area contributed by atoms with E-state index in [1.54, 1.807) is 0 Å². The van der Waals surface area contributed by atoms with Crippen LogP contribution in [-0.4, -0.2) is 132 Å². The van der Waals surface area contributed by atoms with Gasteiger partial charge in [0.2, 0.25) is 17.9 Å². The van der Waals surface area contributed by atoms with Gasteiger partial charge in [0.1, 0.15) is 0 Å². The van der Waals surface area contributed by atoms with Crippen molar-refractivity contribution < 1.29 is 0 Å². The summed E-state index contributed by atoms with van der Waals surface area (Å²) < 4.78 is 14.6. The summed E-state index contributed by atoms with van der Waals surface area (Å²) in [6.45, 7) is 0. The zero-order chi connectivity index (χ0) is 19.9. The van der Waals surface area contributed by atoms with Crippen LogP contribution in [0.25, 0.3) is 0 Å². The molecule has 0 bridgehead atoms. The fourth-order valence-electron chi connectivity index (χ4n) is 2.14. The van der Waals surface area contributed by atoms with Crippen molar-refractivity contribution >= 4 is 26.3 Å². The molecule has 0 saturated heterocycles. The van der Waals surface area contributed by atoms with Crippen LogP contribution in [0.3, 0.4) is 0 Å². The van der Waals surface area contributed by atoms with Crippen LogP contribution >= 0.6 is 8.37 Å². The van der Waals surface area contributed by atoms with E-state index in [0.29, 0.717) is 0 Å². The molecule has 0 saturated carbocycles. The van der Waals surface area contributed by atoms with Gasteiger partial charge in [-0.3, -0.25) is 0 Å². The largest absolute Gasteiger partial charge is 0.365 e. The van der Waals surface area contributed by atoms with E-state index in [-0.39, 0.29) is 0 Å². The molecule has 0 atom stereocenters. The third-order valence-corrected chi connectivity index (χ3v) is 4.20. The first-order valence-corrected chi connectivity index (χ1v) is 9.39. The lowest BCUT2D eigenvalue weighted by molar-refractivity contribution is 0.482. The molecular formula is C15H37N9P+. The molecule has 146 valence electrons. The predicted molar refractivity (Wildman–Crippen MR) is 113 cm³/mol. The topological polar surface area (TPSA) is 56.5 Å². The fourth-order valence-corrected chi connectivity index (χ4v) is 4.03. The van der Waals surface area contributed by atoms with Crippen molar-refractivity contribution in [1.82, 2.24) is 29.4 Å². The molecule has 0 aromatic rings. The van der Waals surface area contributed by atoms with Crippen LogP contribution in [0.15, 0.2) is 14.3 Å². The first-order valence-electron chi connectivity index (χ1n) is 8.05. The summed E-state index contributed by atoms with van der Waals surface area (Å²) in [5, 5.41) is 0. The molecule has 9 nitrogen and oxygen atoms in total. The van der Waals surface area contributed by atoms with Crippen LogP contribution in [0.2, 0.25) is 0 Å². The van der Waals surface area contributed by atoms with Crippen molar-refractivity contribution in [2.75, 3.05) is 84.6 Å². The summed E-state index contributed by atoms with van der Waals surface area (Å²) in [6.07, 6.45) is 0. The van der Waals surface area contributed by atoms with Gasteiger partial charge in [0.05, 0.1) is 0 Å². The van der Waals surface area contributed by atoms with Gasteiger partial charge in [-0.05, 0) is 14.3 Å². The summed E-state index contributed by atoms with van der Waals surface area (Å²) in [4.78, 5) is 11.9. The molecule has 0 aromatic heterocycles. The number of nitrogens with zero attached hydrogens (tertiary/aromatic N) is 9. The Hall–Kier alpha value is -1.76. The molecule has 0 rings (SSSR count). The molecule has 25 heavy (non-hydrogen) atoms. The Kier molecular flexibility index (Phi) is 9.56. The number of guanidine groups is 3. The van der Waals surface area contributed by atoms with E-state index < -0.39 is 8.37 Å². The van der Waals surface area contributed by atoms with Crippen molar-refractivity contribution in [1.29, 1.82) is 0 Å². The predicted octanol–water partition coefficient (Wildman–Crippen LogP) is 0.383. The third-order valence-electron chi connectivity index (χ3n) is 3.00. The highest BCUT2D eigenvalue weighted by Crippen LogP contribution is 2.42. The second kappa shape index (κ2) is 10.3. The molecule has 0 aliphatic heterocycles. The van der Waals surface area contributed by atoms with Crippen molar-refractivity contribution in [2.24, 2.45) is 14.3 Å². The lowest BCUT2D eigenvalue weighted by Crippen LogP contribution is -2.37. The van der Waals surface area contributed by atoms with Crippen molar-refractivity contribution in [3.63, 3.8) is 0 Å². The number of rotatable bonds is 3. The van der Waals surface area contributed by atoms with E-state index in [1.807, 2.05) is 114 Å². The Morgan fingerprint density at radius 1 is 0.400 bits per heavy atom. The standard InChI is InChI=1S/C15H36N9P/c1-19(2)13(20(3)4)16-25(17-14(21(5)6)22(7)8)18-15(23(9)10)24(11)12/h1-12H3/p+1. The average molecular weight is 374 g/mol. The van der Waals surface area contributed by atoms with Crippen molar-refractivity contribution in [3.8, 4) is 0 Å². The Morgan fingerprint density at radius 2 is 0.560 bits per heavy atom. The van der Waals surface area contributed by atoms with Crippen LogP contribution in [0.1, 0.15) is 0 Å². The molecule has 0 heterocycles. The lowest BCUT2D eigenvalue weighted by Gasteiger charge is -2.24. The molecule has 0 radical (unpaired) electrons. The Balaban J connectivity index is 6.27. The van der Waals surface area contributed by atoms with Gasteiger partial charge < -0.3 is 29.4 Å². The quantitative estimate of drug-likeness (QED) is 0.405. The van der Waals surface area contributed by atoms with Crippen LogP contribution < -0.4 is 0 Å². The first kappa shape index (κ1) is 23.2. The lowest BCUT2D eigenvalue weighted by atomic mass is 10.7. The van der Waals surface area contributed by atoms with Gasteiger partial charge in [-0.25, -0.2) is 0 Å². The molecule has 0 fully saturated rings. The maximum absolute atomic E-state index is 4.87. The SMILES string of the molecule is CN(C)C(=N[PH+](N=C(N(C)C)N(C)C)N=C(N(C)C)N(C)C)N(C)C. The summed E-state index contributed by atoms with van der Waals surface area (Å²) in [5.41, 5.74) is 0. The van der Waals surface area contributed by atoms with Gasteiger partial charge in [0, 0.05) is 84.6 Å². The average Bonchev–Trinajstić information content (AvgIpc) is 2.43. The normalized spacial score (nSPS) is 9.96. The second-order valence-electron chi connectivity index (χ2n) is 6.90. The Labute approximate surface area is 155 Å². The second-order valence-corrected chi connectivity index (χ2v) is 8.17. The first-order chi connectivity index (χ1) is 11.4. The van der Waals surface area contributed by atoms with Crippen LogP contribution in [0.5, 0.6) is 0 Å². The molecule has 0 amide bonds. The summed E-state index contributed by atoms with van der Waals surface area (Å²) in [7, 11) is 21.9. The molecule has 0 aliphatic carbocycles. The van der Waals surface area contributed by atoms with E-state index in [4.69, 9.17) is 14.3 Å². The van der Waals surface area contributed by atoms with E-state index in [9.17, 15) is 0 Å². The Morgan fingerprint density at radius 3 is 0.680 bits per heavy atom. The Bertz CT molecular complexity index is 392. The molecule has 0 aromatic carbocycles. The van der Waals surface area contributed by atoms with E-state index in [1.165, 1.54) is 0 Å². The summed E-state index contributed by atoms with van der Waals surface area (Å²) in [5.74, 6) is 2.53. The van der Waals surface area contributed by atoms with Crippen molar-refractivity contribution in [2.45, 2.75) is 0 Å². The zero-order valence-electron chi connectivity index (χ0n) is 18.0. The van der Waals surface area contributed by atoms with Gasteiger partial charge in [-0.15, -0.1) is 0 Å². The number of hydrogen-bond donors (Lipinski definition) is 0. The molecule has 0 spiro atoms. The highest BCUT2D eigenvalue weighted by molar-refractivity contribution is 7.54. The third kappa shape index (κ3) is 7.77. The van der Waals surface area contributed by atoms with Gasteiger partial charge in [0.15, 0.2) is 0 Å². The van der Waals surface area contributed by atoms with E-state index in [0.717, 1.165) is 17.9 Å². The maximum atomic E-state index is 4.87. The van der Waals surface area contributed by atoms with Gasteiger partial charge in [-0.1, -0.05) is 0 Å². The molecule has 10 heteroatoms. The minimum atomic E-state index is -1.79.